The number of amides is 1. The van der Waals surface area contributed by atoms with Crippen LogP contribution in [0, 0.1) is 0 Å². The lowest BCUT2D eigenvalue weighted by Gasteiger charge is -2.26. The summed E-state index contributed by atoms with van der Waals surface area (Å²) in [7, 11) is 0. The number of nitrogens with two attached hydrogens (primary N) is 1. The zero-order valence-corrected chi connectivity index (χ0v) is 12.8. The number of nitrogens with one attached hydrogen (secondary N) is 1. The van der Waals surface area contributed by atoms with Crippen molar-refractivity contribution in [1.82, 2.24) is 10.2 Å². The first-order valence-electron chi connectivity index (χ1n) is 6.43. The van der Waals surface area contributed by atoms with Crippen LogP contribution in [0.1, 0.15) is 39.0 Å². The first kappa shape index (κ1) is 20.3. The van der Waals surface area contributed by atoms with E-state index in [1.54, 1.807) is 0 Å². The number of nitrogens with zero attached hydrogens (tertiary/aromatic N) is 1. The summed E-state index contributed by atoms with van der Waals surface area (Å²) >= 11 is 0. The Morgan fingerprint density at radius 3 is 2.44 bits per heavy atom. The third kappa shape index (κ3) is 9.95. The van der Waals surface area contributed by atoms with E-state index in [0.717, 1.165) is 19.5 Å². The molecule has 0 bridgehead atoms. The van der Waals surface area contributed by atoms with E-state index in [2.05, 4.69) is 10.2 Å². The smallest absolute Gasteiger partial charge is 0.220 e. The fourth-order valence-corrected chi connectivity index (χ4v) is 1.98. The number of hydrogen-bond donors (Lipinski definition) is 2. The van der Waals surface area contributed by atoms with Gasteiger partial charge in [-0.25, -0.2) is 0 Å². The molecule has 0 aromatic carbocycles. The Hall–Kier alpha value is -0.0300. The lowest BCUT2D eigenvalue weighted by atomic mass is 10.1. The maximum Gasteiger partial charge on any atom is 0.220 e. The highest BCUT2D eigenvalue weighted by Gasteiger charge is 2.09. The predicted octanol–water partition coefficient (Wildman–Crippen LogP) is 1.56. The van der Waals surface area contributed by atoms with Crippen LogP contribution in [0.4, 0.5) is 0 Å². The molecule has 0 spiro atoms. The van der Waals surface area contributed by atoms with Crippen molar-refractivity contribution in [3.63, 3.8) is 0 Å². The monoisotopic (exact) mass is 299 g/mol. The van der Waals surface area contributed by atoms with Gasteiger partial charge in [0.25, 0.3) is 0 Å². The molecule has 1 saturated heterocycles. The third-order valence-electron chi connectivity index (χ3n) is 3.03. The van der Waals surface area contributed by atoms with E-state index in [0.29, 0.717) is 6.42 Å². The molecule has 1 aliphatic rings. The van der Waals surface area contributed by atoms with E-state index >= 15 is 0 Å². The molecule has 0 saturated carbocycles. The van der Waals surface area contributed by atoms with Crippen LogP contribution in [0.15, 0.2) is 0 Å². The van der Waals surface area contributed by atoms with Gasteiger partial charge in [0.05, 0.1) is 0 Å². The van der Waals surface area contributed by atoms with E-state index in [1.165, 1.54) is 32.4 Å². The maximum absolute atomic E-state index is 11.4. The fraction of sp³-hybridized carbons (Fsp3) is 0.917. The number of piperidine rings is 1. The molecule has 1 heterocycles. The predicted molar refractivity (Wildman–Crippen MR) is 80.7 cm³/mol. The first-order chi connectivity index (χ1) is 7.68. The van der Waals surface area contributed by atoms with Crippen molar-refractivity contribution in [1.29, 1.82) is 0 Å². The highest BCUT2D eigenvalue weighted by atomic mass is 35.5. The SMILES string of the molecule is CC(N)CCC(=O)NCCN1CCCCC1.Cl.Cl. The second-order valence-corrected chi connectivity index (χ2v) is 4.77. The Bertz CT molecular complexity index is 209. The Balaban J connectivity index is 0. The lowest BCUT2D eigenvalue weighted by molar-refractivity contribution is -0.121. The number of carbonyl (C=O) groups is 1. The number of likely N-dealkylation sites (tertiary alicyclic amines) is 1. The molecular formula is C12H27Cl2N3O. The normalized spacial score (nSPS) is 17.2. The molecule has 18 heavy (non-hydrogen) atoms. The largest absolute Gasteiger partial charge is 0.355 e. The lowest BCUT2D eigenvalue weighted by Crippen LogP contribution is -2.37. The minimum atomic E-state index is 0. The van der Waals surface area contributed by atoms with Crippen molar-refractivity contribution in [3.05, 3.63) is 0 Å². The van der Waals surface area contributed by atoms with E-state index < -0.39 is 0 Å². The van der Waals surface area contributed by atoms with Gasteiger partial charge in [0.1, 0.15) is 0 Å². The molecule has 0 radical (unpaired) electrons. The molecule has 6 heteroatoms. The average Bonchev–Trinajstić information content (AvgIpc) is 2.28. The minimum Gasteiger partial charge on any atom is -0.355 e. The van der Waals surface area contributed by atoms with Gasteiger partial charge in [0.15, 0.2) is 0 Å². The quantitative estimate of drug-likeness (QED) is 0.782. The molecule has 1 aliphatic heterocycles. The van der Waals surface area contributed by atoms with Crippen molar-refractivity contribution < 1.29 is 4.79 Å². The Kier molecular flexibility index (Phi) is 13.6. The number of carbonyl (C=O) groups excluding carboxylic acids is 1. The standard InChI is InChI=1S/C12H25N3O.2ClH/c1-11(13)5-6-12(16)14-7-10-15-8-3-2-4-9-15;;/h11H,2-10,13H2,1H3,(H,14,16);2*1H. The molecule has 1 atom stereocenters. The van der Waals surface area contributed by atoms with E-state index in [1.807, 2.05) is 6.92 Å². The average molecular weight is 300 g/mol. The topological polar surface area (TPSA) is 58.4 Å². The number of halogens is 2. The Morgan fingerprint density at radius 2 is 1.89 bits per heavy atom. The highest BCUT2D eigenvalue weighted by Crippen LogP contribution is 2.07. The Morgan fingerprint density at radius 1 is 1.28 bits per heavy atom. The molecule has 4 nitrogen and oxygen atoms in total. The van der Waals surface area contributed by atoms with Crippen LogP contribution < -0.4 is 11.1 Å². The van der Waals surface area contributed by atoms with Crippen LogP contribution in [0.3, 0.4) is 0 Å². The summed E-state index contributed by atoms with van der Waals surface area (Å²) in [5.74, 6) is 0.134. The first-order valence-corrected chi connectivity index (χ1v) is 6.43. The van der Waals surface area contributed by atoms with Gasteiger partial charge in [-0.3, -0.25) is 4.79 Å². The van der Waals surface area contributed by atoms with E-state index in [9.17, 15) is 4.79 Å². The van der Waals surface area contributed by atoms with Crippen LogP contribution in [0.25, 0.3) is 0 Å². The van der Waals surface area contributed by atoms with Gasteiger partial charge in [0, 0.05) is 25.6 Å². The van der Waals surface area contributed by atoms with Crippen LogP contribution in [0.5, 0.6) is 0 Å². The number of rotatable bonds is 6. The summed E-state index contributed by atoms with van der Waals surface area (Å²) in [5.41, 5.74) is 5.60. The number of hydrogen-bond acceptors (Lipinski definition) is 3. The minimum absolute atomic E-state index is 0. The van der Waals surface area contributed by atoms with Crippen molar-refractivity contribution in [2.75, 3.05) is 26.2 Å². The fourth-order valence-electron chi connectivity index (χ4n) is 1.98. The summed E-state index contributed by atoms with van der Waals surface area (Å²) in [6.07, 6.45) is 5.29. The molecule has 0 aliphatic carbocycles. The summed E-state index contributed by atoms with van der Waals surface area (Å²) in [6, 6.07) is 0.118. The molecule has 1 unspecified atom stereocenters. The molecule has 1 fully saturated rings. The molecule has 1 amide bonds. The van der Waals surface area contributed by atoms with Crippen molar-refractivity contribution in [2.24, 2.45) is 5.73 Å². The van der Waals surface area contributed by atoms with E-state index in [4.69, 9.17) is 5.73 Å². The second kappa shape index (κ2) is 12.0. The second-order valence-electron chi connectivity index (χ2n) is 4.77. The van der Waals surface area contributed by atoms with Gasteiger partial charge >= 0.3 is 0 Å². The zero-order chi connectivity index (χ0) is 11.8. The van der Waals surface area contributed by atoms with Gasteiger partial charge in [0.2, 0.25) is 5.91 Å². The summed E-state index contributed by atoms with van der Waals surface area (Å²) < 4.78 is 0. The summed E-state index contributed by atoms with van der Waals surface area (Å²) in [5, 5.41) is 2.95. The molecule has 0 aromatic rings. The van der Waals surface area contributed by atoms with Crippen LogP contribution in [0.2, 0.25) is 0 Å². The molecule has 1 rings (SSSR count). The molecule has 110 valence electrons. The van der Waals surface area contributed by atoms with Gasteiger partial charge in [-0.1, -0.05) is 6.42 Å². The van der Waals surface area contributed by atoms with Gasteiger partial charge in [-0.15, -0.1) is 24.8 Å². The maximum atomic E-state index is 11.4. The Labute approximate surface area is 123 Å². The van der Waals surface area contributed by atoms with Gasteiger partial charge in [-0.05, 0) is 39.3 Å². The third-order valence-corrected chi connectivity index (χ3v) is 3.03. The molecular weight excluding hydrogens is 273 g/mol. The highest BCUT2D eigenvalue weighted by molar-refractivity contribution is 5.85. The van der Waals surface area contributed by atoms with Gasteiger partial charge in [-0.2, -0.15) is 0 Å². The van der Waals surface area contributed by atoms with Crippen molar-refractivity contribution in [3.8, 4) is 0 Å². The zero-order valence-electron chi connectivity index (χ0n) is 11.2. The van der Waals surface area contributed by atoms with Crippen molar-refractivity contribution in [2.45, 2.75) is 45.1 Å². The van der Waals surface area contributed by atoms with Crippen molar-refractivity contribution >= 4 is 30.7 Å². The summed E-state index contributed by atoms with van der Waals surface area (Å²) in [6.45, 7) is 6.08. The van der Waals surface area contributed by atoms with Crippen LogP contribution in [-0.4, -0.2) is 43.0 Å². The molecule has 0 aromatic heterocycles. The van der Waals surface area contributed by atoms with Crippen LogP contribution in [-0.2, 0) is 4.79 Å². The van der Waals surface area contributed by atoms with Gasteiger partial charge < -0.3 is 16.0 Å². The van der Waals surface area contributed by atoms with E-state index in [-0.39, 0.29) is 36.8 Å². The summed E-state index contributed by atoms with van der Waals surface area (Å²) in [4.78, 5) is 13.8. The molecule has 3 N–H and O–H groups in total. The van der Waals surface area contributed by atoms with Crippen LogP contribution >= 0.6 is 24.8 Å².